The average molecular weight is 443 g/mol. The molecule has 0 amide bonds. The molecule has 1 aromatic rings. The van der Waals surface area contributed by atoms with Crippen LogP contribution in [0.3, 0.4) is 0 Å². The van der Waals surface area contributed by atoms with Gasteiger partial charge in [-0.15, -0.1) is 0 Å². The Hall–Kier alpha value is -2.36. The fraction of sp³-hybridized carbons (Fsp3) is 0.571. The van der Waals surface area contributed by atoms with Crippen molar-refractivity contribution in [2.24, 2.45) is 0 Å². The number of rotatable bonds is 18. The summed E-state index contributed by atoms with van der Waals surface area (Å²) in [5.74, 6) is -0.979. The highest BCUT2D eigenvalue weighted by Gasteiger charge is 2.07. The number of carbonyl (C=O) groups is 2. The van der Waals surface area contributed by atoms with E-state index in [-0.39, 0.29) is 18.5 Å². The number of hydrogen-bond acceptors (Lipinski definition) is 3. The van der Waals surface area contributed by atoms with E-state index in [1.165, 1.54) is 57.4 Å². The molecule has 0 aliphatic heterocycles. The van der Waals surface area contributed by atoms with E-state index < -0.39 is 5.97 Å². The lowest BCUT2D eigenvalue weighted by Gasteiger charge is -2.12. The van der Waals surface area contributed by atoms with Gasteiger partial charge in [0.05, 0.1) is 0 Å². The lowest BCUT2D eigenvalue weighted by Crippen LogP contribution is -2.13. The maximum Gasteiger partial charge on any atom is 0.303 e. The number of aliphatic carboxylic acids is 1. The summed E-state index contributed by atoms with van der Waals surface area (Å²) in [6, 6.07) is 8.18. The summed E-state index contributed by atoms with van der Waals surface area (Å²) in [5.41, 5.74) is 2.36. The monoisotopic (exact) mass is 442 g/mol. The standard InChI is InChI=1S/C28H42O4/c1-3-4-5-6-7-8-9-10-21-27(32-24(2)29)22-15-13-19-25-17-11-12-18-26(25)20-14-16-23-28(30)31/h11-13,15,17-19,22,27H,3-10,14,16,20-21,23H2,1-2H3,(H,30,31)/b19-13+,22-15+. The van der Waals surface area contributed by atoms with Crippen molar-refractivity contribution in [2.45, 2.75) is 103 Å². The molecule has 0 fully saturated rings. The Morgan fingerprint density at radius 2 is 1.62 bits per heavy atom. The second-order valence-corrected chi connectivity index (χ2v) is 8.46. The van der Waals surface area contributed by atoms with Crippen molar-refractivity contribution in [3.05, 3.63) is 53.6 Å². The van der Waals surface area contributed by atoms with E-state index in [9.17, 15) is 9.59 Å². The summed E-state index contributed by atoms with van der Waals surface area (Å²) < 4.78 is 5.46. The highest BCUT2D eigenvalue weighted by Crippen LogP contribution is 2.16. The van der Waals surface area contributed by atoms with Crippen LogP contribution in [-0.4, -0.2) is 23.1 Å². The van der Waals surface area contributed by atoms with Crippen molar-refractivity contribution in [2.75, 3.05) is 0 Å². The fourth-order valence-corrected chi connectivity index (χ4v) is 3.75. The number of hydrogen-bond donors (Lipinski definition) is 1. The van der Waals surface area contributed by atoms with Crippen molar-refractivity contribution in [3.63, 3.8) is 0 Å². The third-order valence-electron chi connectivity index (χ3n) is 5.51. The van der Waals surface area contributed by atoms with Crippen LogP contribution in [0.25, 0.3) is 6.08 Å². The van der Waals surface area contributed by atoms with E-state index in [0.717, 1.165) is 31.2 Å². The molecular weight excluding hydrogens is 400 g/mol. The van der Waals surface area contributed by atoms with Crippen LogP contribution in [0.15, 0.2) is 42.5 Å². The van der Waals surface area contributed by atoms with E-state index in [1.54, 1.807) is 0 Å². The Kier molecular flexibility index (Phi) is 15.8. The van der Waals surface area contributed by atoms with Gasteiger partial charge in [0.1, 0.15) is 6.10 Å². The zero-order valence-electron chi connectivity index (χ0n) is 20.1. The summed E-state index contributed by atoms with van der Waals surface area (Å²) in [5, 5.41) is 8.78. The molecule has 1 N–H and O–H groups in total. The molecular formula is C28H42O4. The van der Waals surface area contributed by atoms with Gasteiger partial charge < -0.3 is 9.84 Å². The van der Waals surface area contributed by atoms with Gasteiger partial charge in [-0.05, 0) is 49.3 Å². The fourth-order valence-electron chi connectivity index (χ4n) is 3.75. The molecule has 0 radical (unpaired) electrons. The molecule has 0 spiro atoms. The molecule has 1 atom stereocenters. The molecule has 0 heterocycles. The first-order chi connectivity index (χ1) is 15.5. The first kappa shape index (κ1) is 27.7. The SMILES string of the molecule is CCCCCCCCCCC(/C=C/C=C/c1ccccc1CCCCC(=O)O)OC(C)=O. The summed E-state index contributed by atoms with van der Waals surface area (Å²) in [4.78, 5) is 22.1. The van der Waals surface area contributed by atoms with Crippen LogP contribution in [0.5, 0.6) is 0 Å². The van der Waals surface area contributed by atoms with Gasteiger partial charge in [-0.3, -0.25) is 9.59 Å². The lowest BCUT2D eigenvalue weighted by molar-refractivity contribution is -0.144. The molecule has 4 nitrogen and oxygen atoms in total. The molecule has 32 heavy (non-hydrogen) atoms. The summed E-state index contributed by atoms with van der Waals surface area (Å²) in [6.45, 7) is 3.70. The second kappa shape index (κ2) is 18.2. The Bertz CT molecular complexity index is 705. The van der Waals surface area contributed by atoms with E-state index in [0.29, 0.717) is 6.42 Å². The number of esters is 1. The van der Waals surface area contributed by atoms with Crippen molar-refractivity contribution < 1.29 is 19.4 Å². The van der Waals surface area contributed by atoms with Crippen molar-refractivity contribution >= 4 is 18.0 Å². The average Bonchev–Trinajstić information content (AvgIpc) is 2.76. The largest absolute Gasteiger partial charge is 0.481 e. The van der Waals surface area contributed by atoms with Gasteiger partial charge in [-0.2, -0.15) is 0 Å². The molecule has 1 aromatic carbocycles. The first-order valence-electron chi connectivity index (χ1n) is 12.3. The lowest BCUT2D eigenvalue weighted by atomic mass is 10.0. The number of carboxylic acid groups (broad SMARTS) is 1. The predicted molar refractivity (Wildman–Crippen MR) is 133 cm³/mol. The van der Waals surface area contributed by atoms with Gasteiger partial charge in [0.15, 0.2) is 0 Å². The Balaban J connectivity index is 2.47. The minimum absolute atomic E-state index is 0.177. The van der Waals surface area contributed by atoms with Gasteiger partial charge >= 0.3 is 11.9 Å². The van der Waals surface area contributed by atoms with Crippen molar-refractivity contribution in [3.8, 4) is 0 Å². The highest BCUT2D eigenvalue weighted by atomic mass is 16.5. The molecule has 0 aromatic heterocycles. The quantitative estimate of drug-likeness (QED) is 0.145. The minimum atomic E-state index is -0.738. The third-order valence-corrected chi connectivity index (χ3v) is 5.51. The van der Waals surface area contributed by atoms with E-state index >= 15 is 0 Å². The highest BCUT2D eigenvalue weighted by molar-refractivity contribution is 5.66. The molecule has 0 saturated carbocycles. The smallest absolute Gasteiger partial charge is 0.303 e. The molecule has 178 valence electrons. The summed E-state index contributed by atoms with van der Waals surface area (Å²) in [6.07, 6.45) is 21.4. The number of allylic oxidation sites excluding steroid dienone is 2. The first-order valence-corrected chi connectivity index (χ1v) is 12.3. The van der Waals surface area contributed by atoms with E-state index in [1.807, 2.05) is 30.4 Å². The van der Waals surface area contributed by atoms with Crippen LogP contribution in [0, 0.1) is 0 Å². The number of ether oxygens (including phenoxy) is 1. The summed E-state index contributed by atoms with van der Waals surface area (Å²) in [7, 11) is 0. The van der Waals surface area contributed by atoms with Gasteiger partial charge in [-0.1, -0.05) is 94.4 Å². The van der Waals surface area contributed by atoms with Gasteiger partial charge in [0.25, 0.3) is 0 Å². The molecule has 0 bridgehead atoms. The van der Waals surface area contributed by atoms with Crippen molar-refractivity contribution in [1.82, 2.24) is 0 Å². The Morgan fingerprint density at radius 3 is 2.31 bits per heavy atom. The van der Waals surface area contributed by atoms with Crippen LogP contribution >= 0.6 is 0 Å². The normalized spacial score (nSPS) is 12.4. The number of carboxylic acids is 1. The van der Waals surface area contributed by atoms with Crippen LogP contribution in [0.1, 0.15) is 102 Å². The van der Waals surface area contributed by atoms with Crippen molar-refractivity contribution in [1.29, 1.82) is 0 Å². The maximum atomic E-state index is 11.4. The van der Waals surface area contributed by atoms with Gasteiger partial charge in [-0.25, -0.2) is 0 Å². The number of aryl methyl sites for hydroxylation is 1. The van der Waals surface area contributed by atoms with Crippen LogP contribution in [-0.2, 0) is 20.7 Å². The molecule has 4 heteroatoms. The zero-order chi connectivity index (χ0) is 23.4. The van der Waals surface area contributed by atoms with E-state index in [2.05, 4.69) is 25.1 Å². The van der Waals surface area contributed by atoms with Gasteiger partial charge in [0, 0.05) is 13.3 Å². The summed E-state index contributed by atoms with van der Waals surface area (Å²) >= 11 is 0. The predicted octanol–water partition coefficient (Wildman–Crippen LogP) is 7.52. The van der Waals surface area contributed by atoms with Crippen LogP contribution < -0.4 is 0 Å². The minimum Gasteiger partial charge on any atom is -0.481 e. The molecule has 1 rings (SSSR count). The van der Waals surface area contributed by atoms with Gasteiger partial charge in [0.2, 0.25) is 0 Å². The Labute approximate surface area is 194 Å². The molecule has 0 saturated heterocycles. The number of unbranched alkanes of at least 4 members (excludes halogenated alkanes) is 8. The number of carbonyl (C=O) groups excluding carboxylic acids is 1. The van der Waals surface area contributed by atoms with Crippen LogP contribution in [0.4, 0.5) is 0 Å². The Morgan fingerprint density at radius 1 is 0.938 bits per heavy atom. The molecule has 0 aliphatic rings. The molecule has 1 unspecified atom stereocenters. The zero-order valence-corrected chi connectivity index (χ0v) is 20.1. The topological polar surface area (TPSA) is 63.6 Å². The second-order valence-electron chi connectivity index (χ2n) is 8.46. The van der Waals surface area contributed by atoms with Crippen LogP contribution in [0.2, 0.25) is 0 Å². The maximum absolute atomic E-state index is 11.4. The molecule has 0 aliphatic carbocycles. The third kappa shape index (κ3) is 14.6. The number of benzene rings is 1. The van der Waals surface area contributed by atoms with E-state index in [4.69, 9.17) is 9.84 Å².